The van der Waals surface area contributed by atoms with Gasteiger partial charge in [0, 0.05) is 5.69 Å². The van der Waals surface area contributed by atoms with Crippen molar-refractivity contribution in [2.75, 3.05) is 25.1 Å². The van der Waals surface area contributed by atoms with Crippen LogP contribution >= 0.6 is 0 Å². The molecule has 2 aromatic rings. The summed E-state index contributed by atoms with van der Waals surface area (Å²) in [7, 11) is 0. The molecule has 0 saturated carbocycles. The summed E-state index contributed by atoms with van der Waals surface area (Å²) in [5.74, 6) is 0.368. The number of rotatable bonds is 9. The summed E-state index contributed by atoms with van der Waals surface area (Å²) in [6, 6.07) is 11.1. The molecular formula is C22H27NO5. The molecule has 0 aliphatic rings. The van der Waals surface area contributed by atoms with E-state index in [0.29, 0.717) is 24.7 Å². The van der Waals surface area contributed by atoms with E-state index >= 15 is 0 Å². The average Bonchev–Trinajstić information content (AvgIpc) is 2.66. The fourth-order valence-electron chi connectivity index (χ4n) is 2.76. The van der Waals surface area contributed by atoms with Gasteiger partial charge >= 0.3 is 5.97 Å². The van der Waals surface area contributed by atoms with Gasteiger partial charge in [-0.15, -0.1) is 0 Å². The Morgan fingerprint density at radius 2 is 1.57 bits per heavy atom. The first kappa shape index (κ1) is 21.3. The van der Waals surface area contributed by atoms with Crippen molar-refractivity contribution in [1.82, 2.24) is 0 Å². The van der Waals surface area contributed by atoms with Crippen molar-refractivity contribution in [2.24, 2.45) is 0 Å². The van der Waals surface area contributed by atoms with Gasteiger partial charge in [0.2, 0.25) is 0 Å². The zero-order valence-corrected chi connectivity index (χ0v) is 16.8. The topological polar surface area (TPSA) is 73.9 Å². The van der Waals surface area contributed by atoms with Crippen LogP contribution in [0.15, 0.2) is 36.4 Å². The lowest BCUT2D eigenvalue weighted by molar-refractivity contribution is -0.146. The van der Waals surface area contributed by atoms with Crippen molar-refractivity contribution < 1.29 is 23.8 Å². The Morgan fingerprint density at radius 1 is 0.929 bits per heavy atom. The Kier molecular flexibility index (Phi) is 7.87. The second-order valence-electron chi connectivity index (χ2n) is 6.30. The highest BCUT2D eigenvalue weighted by atomic mass is 16.5. The van der Waals surface area contributed by atoms with Crippen LogP contribution in [0.4, 0.5) is 5.69 Å². The largest absolute Gasteiger partial charge is 0.490 e. The molecule has 0 bridgehead atoms. The van der Waals surface area contributed by atoms with E-state index in [1.54, 1.807) is 18.2 Å². The molecule has 0 aliphatic heterocycles. The third-order valence-corrected chi connectivity index (χ3v) is 4.07. The van der Waals surface area contributed by atoms with Gasteiger partial charge in [-0.3, -0.25) is 9.59 Å². The molecule has 6 nitrogen and oxygen atoms in total. The summed E-state index contributed by atoms with van der Waals surface area (Å²) in [6.07, 6.45) is 0.0448. The normalized spacial score (nSPS) is 10.3. The maximum atomic E-state index is 12.1. The standard InChI is InChI=1S/C22H27NO5/c1-5-26-18-11-10-17(12-19(18)27-6-2)13-21(25)28-14-20(24)23-22-15(3)8-7-9-16(22)4/h7-12H,5-6,13-14H2,1-4H3,(H,23,24). The number of benzene rings is 2. The van der Waals surface area contributed by atoms with Gasteiger partial charge in [-0.05, 0) is 56.5 Å². The first-order valence-electron chi connectivity index (χ1n) is 9.34. The predicted octanol–water partition coefficient (Wildman–Crippen LogP) is 3.83. The number of hydrogen-bond donors (Lipinski definition) is 1. The van der Waals surface area contributed by atoms with Crippen LogP contribution in [0.3, 0.4) is 0 Å². The second-order valence-corrected chi connectivity index (χ2v) is 6.30. The van der Waals surface area contributed by atoms with E-state index in [4.69, 9.17) is 14.2 Å². The van der Waals surface area contributed by atoms with Gasteiger partial charge in [-0.1, -0.05) is 24.3 Å². The highest BCUT2D eigenvalue weighted by molar-refractivity contribution is 5.94. The van der Waals surface area contributed by atoms with Crippen molar-refractivity contribution in [2.45, 2.75) is 34.1 Å². The number of para-hydroxylation sites is 1. The maximum absolute atomic E-state index is 12.1. The molecule has 0 unspecified atom stereocenters. The van der Waals surface area contributed by atoms with Crippen LogP contribution in [0.2, 0.25) is 0 Å². The summed E-state index contributed by atoms with van der Waals surface area (Å²) < 4.78 is 16.2. The van der Waals surface area contributed by atoms with Crippen molar-refractivity contribution >= 4 is 17.6 Å². The lowest BCUT2D eigenvalue weighted by atomic mass is 10.1. The molecule has 28 heavy (non-hydrogen) atoms. The Labute approximate surface area is 165 Å². The van der Waals surface area contributed by atoms with E-state index in [9.17, 15) is 9.59 Å². The van der Waals surface area contributed by atoms with E-state index in [0.717, 1.165) is 22.4 Å². The molecule has 0 aromatic heterocycles. The third kappa shape index (κ3) is 6.01. The minimum Gasteiger partial charge on any atom is -0.490 e. The molecular weight excluding hydrogens is 358 g/mol. The predicted molar refractivity (Wildman–Crippen MR) is 108 cm³/mol. The number of amides is 1. The molecule has 2 aromatic carbocycles. The highest BCUT2D eigenvalue weighted by Crippen LogP contribution is 2.28. The zero-order chi connectivity index (χ0) is 20.5. The van der Waals surface area contributed by atoms with Gasteiger partial charge in [0.25, 0.3) is 5.91 Å². The van der Waals surface area contributed by atoms with Gasteiger partial charge < -0.3 is 19.5 Å². The summed E-state index contributed by atoms with van der Waals surface area (Å²) in [6.45, 7) is 8.29. The van der Waals surface area contributed by atoms with Crippen LogP contribution in [0.5, 0.6) is 11.5 Å². The van der Waals surface area contributed by atoms with Crippen LogP contribution in [0.1, 0.15) is 30.5 Å². The van der Waals surface area contributed by atoms with Crippen molar-refractivity contribution in [3.63, 3.8) is 0 Å². The summed E-state index contributed by atoms with van der Waals surface area (Å²) in [4.78, 5) is 24.2. The molecule has 0 heterocycles. The minimum atomic E-state index is -0.483. The van der Waals surface area contributed by atoms with Gasteiger partial charge in [0.05, 0.1) is 19.6 Å². The average molecular weight is 385 g/mol. The van der Waals surface area contributed by atoms with E-state index in [1.165, 1.54) is 0 Å². The smallest absolute Gasteiger partial charge is 0.310 e. The Morgan fingerprint density at radius 3 is 2.21 bits per heavy atom. The number of nitrogens with one attached hydrogen (secondary N) is 1. The summed E-state index contributed by atoms with van der Waals surface area (Å²) in [5.41, 5.74) is 3.39. The van der Waals surface area contributed by atoms with E-state index < -0.39 is 5.97 Å². The van der Waals surface area contributed by atoms with E-state index in [2.05, 4.69) is 5.32 Å². The molecule has 0 radical (unpaired) electrons. The summed E-state index contributed by atoms with van der Waals surface area (Å²) in [5, 5.41) is 2.79. The Balaban J connectivity index is 1.91. The van der Waals surface area contributed by atoms with E-state index in [-0.39, 0.29) is 18.9 Å². The number of ether oxygens (including phenoxy) is 3. The van der Waals surface area contributed by atoms with Crippen molar-refractivity contribution in [1.29, 1.82) is 0 Å². The Hall–Kier alpha value is -3.02. The van der Waals surface area contributed by atoms with Crippen molar-refractivity contribution in [3.05, 3.63) is 53.1 Å². The minimum absolute atomic E-state index is 0.0448. The molecule has 0 aliphatic carbocycles. The molecule has 0 atom stereocenters. The van der Waals surface area contributed by atoms with Crippen LogP contribution in [0, 0.1) is 13.8 Å². The lowest BCUT2D eigenvalue weighted by Crippen LogP contribution is -2.22. The number of aryl methyl sites for hydroxylation is 2. The van der Waals surface area contributed by atoms with Gasteiger partial charge in [-0.2, -0.15) is 0 Å². The lowest BCUT2D eigenvalue weighted by Gasteiger charge is -2.13. The molecule has 0 saturated heterocycles. The first-order chi connectivity index (χ1) is 13.4. The first-order valence-corrected chi connectivity index (χ1v) is 9.34. The fraction of sp³-hybridized carbons (Fsp3) is 0.364. The van der Waals surface area contributed by atoms with Gasteiger partial charge in [-0.25, -0.2) is 0 Å². The van der Waals surface area contributed by atoms with Crippen molar-refractivity contribution in [3.8, 4) is 11.5 Å². The zero-order valence-electron chi connectivity index (χ0n) is 16.8. The fourth-order valence-corrected chi connectivity index (χ4v) is 2.76. The van der Waals surface area contributed by atoms with Gasteiger partial charge in [0.1, 0.15) is 0 Å². The SMILES string of the molecule is CCOc1ccc(CC(=O)OCC(=O)Nc2c(C)cccc2C)cc1OCC. The number of carbonyl (C=O) groups is 2. The molecule has 0 spiro atoms. The number of hydrogen-bond acceptors (Lipinski definition) is 5. The summed E-state index contributed by atoms with van der Waals surface area (Å²) >= 11 is 0. The monoisotopic (exact) mass is 385 g/mol. The molecule has 6 heteroatoms. The maximum Gasteiger partial charge on any atom is 0.310 e. The molecule has 2 rings (SSSR count). The molecule has 0 fully saturated rings. The Bertz CT molecular complexity index is 811. The number of esters is 1. The van der Waals surface area contributed by atoms with Crippen LogP contribution in [-0.4, -0.2) is 31.7 Å². The molecule has 1 N–H and O–H groups in total. The van der Waals surface area contributed by atoms with E-state index in [1.807, 2.05) is 45.9 Å². The number of anilines is 1. The van der Waals surface area contributed by atoms with Crippen LogP contribution in [-0.2, 0) is 20.7 Å². The molecule has 150 valence electrons. The third-order valence-electron chi connectivity index (χ3n) is 4.07. The number of carbonyl (C=O) groups excluding carboxylic acids is 2. The second kappa shape index (κ2) is 10.3. The van der Waals surface area contributed by atoms with Crippen LogP contribution < -0.4 is 14.8 Å². The quantitative estimate of drug-likeness (QED) is 0.664. The highest BCUT2D eigenvalue weighted by Gasteiger charge is 2.13. The molecule has 1 amide bonds. The van der Waals surface area contributed by atoms with Gasteiger partial charge in [0.15, 0.2) is 18.1 Å². The van der Waals surface area contributed by atoms with Crippen LogP contribution in [0.25, 0.3) is 0 Å².